The van der Waals surface area contributed by atoms with Gasteiger partial charge in [-0.3, -0.25) is 0 Å². The molecule has 0 saturated carbocycles. The molecule has 0 aliphatic carbocycles. The zero-order valence-electron chi connectivity index (χ0n) is 25.9. The van der Waals surface area contributed by atoms with E-state index in [9.17, 15) is 0 Å². The Balaban J connectivity index is 1.61. The molecule has 0 saturated heterocycles. The van der Waals surface area contributed by atoms with Gasteiger partial charge in [-0.2, -0.15) is 0 Å². The van der Waals surface area contributed by atoms with Gasteiger partial charge >= 0.3 is 0 Å². The van der Waals surface area contributed by atoms with Crippen molar-refractivity contribution in [2.75, 3.05) is 47.0 Å². The van der Waals surface area contributed by atoms with E-state index in [0.717, 1.165) is 13.3 Å². The topological polar surface area (TPSA) is 13.0 Å². The lowest BCUT2D eigenvalue weighted by molar-refractivity contribution is 0.807. The molecule has 0 amide bonds. The van der Waals surface area contributed by atoms with Crippen LogP contribution in [-0.4, -0.2) is 27.4 Å². The maximum atomic E-state index is 2.47. The van der Waals surface area contributed by atoms with E-state index in [0.29, 0.717) is 17.8 Å². The van der Waals surface area contributed by atoms with E-state index >= 15 is 0 Å². The third-order valence-electron chi connectivity index (χ3n) is 8.82. The molecular formula is C37H44N4. The first kappa shape index (κ1) is 27.3. The van der Waals surface area contributed by atoms with Gasteiger partial charge in [0.05, 0.1) is 36.1 Å². The molecule has 212 valence electrons. The molecular weight excluding hydrogens is 500 g/mol. The van der Waals surface area contributed by atoms with Crippen LogP contribution < -0.4 is 19.6 Å². The second-order valence-corrected chi connectivity index (χ2v) is 12.8. The van der Waals surface area contributed by atoms with Crippen LogP contribution in [0.5, 0.6) is 0 Å². The predicted octanol–water partition coefficient (Wildman–Crippen LogP) is 9.81. The van der Waals surface area contributed by atoms with Crippen LogP contribution in [0, 0.1) is 0 Å². The highest BCUT2D eigenvalue weighted by atomic mass is 15.4. The molecule has 2 aliphatic rings. The van der Waals surface area contributed by atoms with E-state index in [2.05, 4.69) is 154 Å². The summed E-state index contributed by atoms with van der Waals surface area (Å²) in [5, 5.41) is 0. The summed E-state index contributed by atoms with van der Waals surface area (Å²) in [6.07, 6.45) is 0. The summed E-state index contributed by atoms with van der Waals surface area (Å²) in [7, 11) is 4.38. The van der Waals surface area contributed by atoms with Gasteiger partial charge in [-0.05, 0) is 88.0 Å². The van der Waals surface area contributed by atoms with Crippen LogP contribution in [-0.2, 0) is 0 Å². The van der Waals surface area contributed by atoms with Crippen molar-refractivity contribution in [2.24, 2.45) is 0 Å². The summed E-state index contributed by atoms with van der Waals surface area (Å²) >= 11 is 0. The summed E-state index contributed by atoms with van der Waals surface area (Å²) in [5.41, 5.74) is 14.6. The van der Waals surface area contributed by atoms with Gasteiger partial charge in [0.15, 0.2) is 0 Å². The minimum Gasteiger partial charge on any atom is -0.355 e. The van der Waals surface area contributed by atoms with E-state index in [1.54, 1.807) is 0 Å². The van der Waals surface area contributed by atoms with Crippen molar-refractivity contribution in [3.8, 4) is 11.1 Å². The molecule has 4 aromatic rings. The SMILES string of the molecule is CC(C)c1cc(C(C)C)c(-c2cc(N3CN(C)c4ccccc43)cc(N3CN(C)c4ccccc43)c2)c(C(C)C)c1. The zero-order chi connectivity index (χ0) is 29.0. The number of anilines is 6. The minimum absolute atomic E-state index is 0.422. The van der Waals surface area contributed by atoms with E-state index in [4.69, 9.17) is 0 Å². The number of rotatable bonds is 6. The van der Waals surface area contributed by atoms with Crippen molar-refractivity contribution < 1.29 is 0 Å². The van der Waals surface area contributed by atoms with Crippen molar-refractivity contribution in [3.63, 3.8) is 0 Å². The molecule has 4 heteroatoms. The van der Waals surface area contributed by atoms with Crippen molar-refractivity contribution in [3.05, 3.63) is 95.6 Å². The van der Waals surface area contributed by atoms with E-state index in [1.165, 1.54) is 61.9 Å². The second-order valence-electron chi connectivity index (χ2n) is 12.8. The minimum atomic E-state index is 0.422. The molecule has 0 radical (unpaired) electrons. The number of benzene rings is 4. The Kier molecular flexibility index (Phi) is 6.97. The Morgan fingerprint density at radius 1 is 0.512 bits per heavy atom. The van der Waals surface area contributed by atoms with Gasteiger partial charge in [0.2, 0.25) is 0 Å². The third kappa shape index (κ3) is 4.73. The Morgan fingerprint density at radius 3 is 1.32 bits per heavy atom. The Hall–Kier alpha value is -3.92. The molecule has 0 bridgehead atoms. The monoisotopic (exact) mass is 544 g/mol. The van der Waals surface area contributed by atoms with Crippen molar-refractivity contribution in [1.82, 2.24) is 0 Å². The smallest absolute Gasteiger partial charge is 0.0950 e. The molecule has 6 rings (SSSR count). The molecule has 0 fully saturated rings. The zero-order valence-corrected chi connectivity index (χ0v) is 25.9. The highest BCUT2D eigenvalue weighted by Crippen LogP contribution is 2.47. The fraction of sp³-hybridized carbons (Fsp3) is 0.351. The fourth-order valence-electron chi connectivity index (χ4n) is 6.54. The summed E-state index contributed by atoms with van der Waals surface area (Å²) in [6, 6.07) is 29.7. The molecule has 4 aromatic carbocycles. The van der Waals surface area contributed by atoms with Gasteiger partial charge in [0.1, 0.15) is 0 Å². The van der Waals surface area contributed by atoms with Gasteiger partial charge < -0.3 is 19.6 Å². The van der Waals surface area contributed by atoms with E-state index in [-0.39, 0.29) is 0 Å². The molecule has 0 aromatic heterocycles. The molecule has 4 nitrogen and oxygen atoms in total. The first-order chi connectivity index (χ1) is 19.6. The number of fused-ring (bicyclic) bond motifs is 2. The lowest BCUT2D eigenvalue weighted by Crippen LogP contribution is -2.26. The van der Waals surface area contributed by atoms with Gasteiger partial charge in [-0.25, -0.2) is 0 Å². The summed E-state index contributed by atoms with van der Waals surface area (Å²) in [4.78, 5) is 9.63. The molecule has 41 heavy (non-hydrogen) atoms. The Bertz CT molecular complexity index is 1480. The first-order valence-electron chi connectivity index (χ1n) is 15.1. The molecule has 0 unspecified atom stereocenters. The van der Waals surface area contributed by atoms with Crippen molar-refractivity contribution in [1.29, 1.82) is 0 Å². The number of hydrogen-bond acceptors (Lipinski definition) is 4. The lowest BCUT2D eigenvalue weighted by Gasteiger charge is -2.28. The number of nitrogens with zero attached hydrogens (tertiary/aromatic N) is 4. The van der Waals surface area contributed by atoms with Crippen LogP contribution >= 0.6 is 0 Å². The maximum Gasteiger partial charge on any atom is 0.0950 e. The number of para-hydroxylation sites is 4. The fourth-order valence-corrected chi connectivity index (χ4v) is 6.54. The van der Waals surface area contributed by atoms with E-state index < -0.39 is 0 Å². The standard InChI is InChI=1S/C37H44N4/c1-24(2)27-19-31(25(3)4)37(32(20-27)26(5)6)28-17-29(40-22-38(7)33-13-9-11-15-35(33)40)21-30(18-28)41-23-39(8)34-14-10-12-16-36(34)41/h9-21,24-26H,22-23H2,1-8H3. The van der Waals surface area contributed by atoms with Crippen LogP contribution in [0.1, 0.15) is 76.0 Å². The summed E-state index contributed by atoms with van der Waals surface area (Å²) < 4.78 is 0. The van der Waals surface area contributed by atoms with Crippen LogP contribution in [0.25, 0.3) is 11.1 Å². The quantitative estimate of drug-likeness (QED) is 0.239. The average molecular weight is 545 g/mol. The maximum absolute atomic E-state index is 2.47. The number of hydrogen-bond donors (Lipinski definition) is 0. The second kappa shape index (κ2) is 10.5. The van der Waals surface area contributed by atoms with Gasteiger partial charge in [-0.15, -0.1) is 0 Å². The van der Waals surface area contributed by atoms with Crippen molar-refractivity contribution >= 4 is 34.1 Å². The van der Waals surface area contributed by atoms with Gasteiger partial charge in [0, 0.05) is 25.5 Å². The molecule has 2 aliphatic heterocycles. The molecule has 0 spiro atoms. The summed E-state index contributed by atoms with van der Waals surface area (Å²) in [6.45, 7) is 15.7. The van der Waals surface area contributed by atoms with Crippen LogP contribution in [0.3, 0.4) is 0 Å². The third-order valence-corrected chi connectivity index (χ3v) is 8.82. The van der Waals surface area contributed by atoms with Crippen LogP contribution in [0.15, 0.2) is 78.9 Å². The van der Waals surface area contributed by atoms with E-state index in [1.807, 2.05) is 0 Å². The molecule has 2 heterocycles. The highest BCUT2D eigenvalue weighted by Gasteiger charge is 2.29. The van der Waals surface area contributed by atoms with Crippen molar-refractivity contribution in [2.45, 2.75) is 59.3 Å². The summed E-state index contributed by atoms with van der Waals surface area (Å²) in [5.74, 6) is 1.34. The largest absolute Gasteiger partial charge is 0.355 e. The lowest BCUT2D eigenvalue weighted by atomic mass is 9.81. The van der Waals surface area contributed by atoms with Gasteiger partial charge in [0.25, 0.3) is 0 Å². The average Bonchev–Trinajstić information content (AvgIpc) is 3.49. The predicted molar refractivity (Wildman–Crippen MR) is 178 cm³/mol. The van der Waals surface area contributed by atoms with Crippen LogP contribution in [0.2, 0.25) is 0 Å². The highest BCUT2D eigenvalue weighted by molar-refractivity contribution is 5.90. The molecule has 0 N–H and O–H groups in total. The Morgan fingerprint density at radius 2 is 0.927 bits per heavy atom. The molecule has 0 atom stereocenters. The normalized spacial score (nSPS) is 14.6. The van der Waals surface area contributed by atoms with Crippen LogP contribution in [0.4, 0.5) is 34.1 Å². The van der Waals surface area contributed by atoms with Gasteiger partial charge in [-0.1, -0.05) is 77.9 Å². The first-order valence-corrected chi connectivity index (χ1v) is 15.1. The Labute approximate surface area is 246 Å².